The minimum absolute atomic E-state index is 0.189. The largest absolute Gasteiger partial charge is 0.289 e. The quantitative estimate of drug-likeness (QED) is 0.102. The Bertz CT molecular complexity index is 2010. The Balaban J connectivity index is 1.32. The van der Waals surface area contributed by atoms with Crippen molar-refractivity contribution in [2.24, 2.45) is 11.8 Å². The van der Waals surface area contributed by atoms with Gasteiger partial charge in [0.25, 0.3) is 12.5 Å². The lowest BCUT2D eigenvalue weighted by Gasteiger charge is -2.46. The average molecular weight is 799 g/mol. The first-order chi connectivity index (χ1) is 29.0. The fourth-order valence-corrected chi connectivity index (χ4v) is 10.3. The number of benzene rings is 6. The van der Waals surface area contributed by atoms with Crippen LogP contribution >= 0.6 is 0 Å². The molecule has 4 heteroatoms. The van der Waals surface area contributed by atoms with Crippen LogP contribution in [0.1, 0.15) is 74.9 Å². The average Bonchev–Trinajstić information content (AvgIpc) is 3.67. The van der Waals surface area contributed by atoms with Crippen LogP contribution in [0.4, 0.5) is 0 Å². The summed E-state index contributed by atoms with van der Waals surface area (Å²) in [6, 6.07) is 58.9. The van der Waals surface area contributed by atoms with Gasteiger partial charge in [0.2, 0.25) is 0 Å². The van der Waals surface area contributed by atoms with E-state index in [4.69, 9.17) is 9.47 Å². The van der Waals surface area contributed by atoms with Crippen molar-refractivity contribution in [3.8, 4) is 0 Å². The molecule has 0 amide bonds. The van der Waals surface area contributed by atoms with Crippen molar-refractivity contribution in [2.75, 3.05) is 14.1 Å². The lowest BCUT2D eigenvalue weighted by atomic mass is 9.71. The molecule has 0 bridgehead atoms. The van der Waals surface area contributed by atoms with Crippen molar-refractivity contribution in [1.29, 1.82) is 0 Å². The lowest BCUT2D eigenvalue weighted by molar-refractivity contribution is -1.04. The SMILES string of the molecule is Cc1ccc(C[N+](C)(Cc2ccc(C)cc2)[C@H]2OC3(O[C@@H]2[N+](C)(Cc2ccc(C)cc2)Cc2ccc(C)cc2)[C@H](Cc2ccccc2)CCC[C@H]3Cc2ccccc2)cc1. The summed E-state index contributed by atoms with van der Waals surface area (Å²) in [6.45, 7) is 12.0. The summed E-state index contributed by atoms with van der Waals surface area (Å²) in [5.41, 5.74) is 13.1. The molecule has 0 N–H and O–H groups in total. The Hall–Kier alpha value is -4.84. The van der Waals surface area contributed by atoms with Gasteiger partial charge in [0.1, 0.15) is 26.2 Å². The molecule has 0 aromatic heterocycles. The molecule has 1 saturated heterocycles. The highest BCUT2D eigenvalue weighted by molar-refractivity contribution is 5.25. The van der Waals surface area contributed by atoms with Crippen LogP contribution in [0.5, 0.6) is 0 Å². The van der Waals surface area contributed by atoms with Crippen molar-refractivity contribution in [3.05, 3.63) is 213 Å². The maximum Gasteiger partial charge on any atom is 0.277 e. The number of hydrogen-bond acceptors (Lipinski definition) is 2. The normalized spacial score (nSPS) is 20.4. The van der Waals surface area contributed by atoms with Gasteiger partial charge in [0, 0.05) is 34.1 Å². The van der Waals surface area contributed by atoms with E-state index in [0.29, 0.717) is 8.97 Å². The van der Waals surface area contributed by atoms with Gasteiger partial charge in [-0.05, 0) is 64.5 Å². The van der Waals surface area contributed by atoms with Crippen LogP contribution in [0.25, 0.3) is 0 Å². The molecule has 6 aromatic rings. The lowest BCUT2D eigenvalue weighted by Crippen LogP contribution is -2.64. The number of aryl methyl sites for hydroxylation is 4. The second-order valence-corrected chi connectivity index (χ2v) is 19.0. The molecule has 1 aliphatic heterocycles. The van der Waals surface area contributed by atoms with E-state index in [1.165, 1.54) is 55.6 Å². The number of nitrogens with zero attached hydrogens (tertiary/aromatic N) is 2. The fraction of sp³-hybridized carbons (Fsp3) is 0.357. The summed E-state index contributed by atoms with van der Waals surface area (Å²) in [7, 11) is 4.90. The predicted molar refractivity (Wildman–Crippen MR) is 246 cm³/mol. The standard InChI is InChI=1S/C56H66N2O2/c1-42-20-28-48(29-21-42)38-57(5,39-49-30-22-43(2)23-31-49)54-55(58(6,40-50-32-24-44(3)25-33-50)41-51-34-26-45(4)27-35-51)60-56(59-54)52(36-46-14-9-7-10-15-46)18-13-19-53(56)37-47-16-11-8-12-17-47/h7-12,14-17,20-35,52-55H,13,18-19,36-41H2,1-6H3/q+2/t52-,53-,54-,55-/m0/s1. The molecule has 2 aliphatic rings. The fourth-order valence-electron chi connectivity index (χ4n) is 10.3. The minimum atomic E-state index is -0.792. The molecule has 1 spiro atoms. The molecule has 8 rings (SSSR count). The van der Waals surface area contributed by atoms with Crippen LogP contribution in [0.2, 0.25) is 0 Å². The van der Waals surface area contributed by atoms with Gasteiger partial charge in [0.15, 0.2) is 5.79 Å². The van der Waals surface area contributed by atoms with E-state index in [-0.39, 0.29) is 24.3 Å². The number of rotatable bonds is 14. The summed E-state index contributed by atoms with van der Waals surface area (Å²) in [5.74, 6) is -0.414. The molecule has 1 aliphatic carbocycles. The Morgan fingerprint density at radius 3 is 0.967 bits per heavy atom. The summed E-state index contributed by atoms with van der Waals surface area (Å²) in [6.07, 6.45) is 4.59. The Morgan fingerprint density at radius 1 is 0.400 bits per heavy atom. The third-order valence-corrected chi connectivity index (χ3v) is 13.6. The van der Waals surface area contributed by atoms with Gasteiger partial charge in [0.05, 0.1) is 14.1 Å². The second-order valence-electron chi connectivity index (χ2n) is 19.0. The van der Waals surface area contributed by atoms with Crippen molar-refractivity contribution in [2.45, 2.75) is 104 Å². The van der Waals surface area contributed by atoms with Crippen molar-refractivity contribution >= 4 is 0 Å². The number of quaternary nitrogens is 2. The third kappa shape index (κ3) is 9.54. The molecule has 4 atom stereocenters. The van der Waals surface area contributed by atoms with Gasteiger partial charge in [-0.1, -0.05) is 186 Å². The van der Waals surface area contributed by atoms with Crippen LogP contribution in [-0.2, 0) is 48.5 Å². The van der Waals surface area contributed by atoms with E-state index in [1.807, 2.05) is 0 Å². The highest BCUT2D eigenvalue weighted by Crippen LogP contribution is 2.53. The van der Waals surface area contributed by atoms with Gasteiger partial charge < -0.3 is 0 Å². The Morgan fingerprint density at radius 2 is 0.683 bits per heavy atom. The van der Waals surface area contributed by atoms with Crippen LogP contribution < -0.4 is 0 Å². The molecule has 2 fully saturated rings. The van der Waals surface area contributed by atoms with Crippen LogP contribution in [0.15, 0.2) is 158 Å². The van der Waals surface area contributed by atoms with Gasteiger partial charge in [-0.15, -0.1) is 0 Å². The topological polar surface area (TPSA) is 18.5 Å². The van der Waals surface area contributed by atoms with Gasteiger partial charge in [-0.2, -0.15) is 0 Å². The maximum atomic E-state index is 8.22. The molecular formula is C56H66N2O2+2. The Labute approximate surface area is 360 Å². The monoisotopic (exact) mass is 799 g/mol. The van der Waals surface area contributed by atoms with Crippen molar-refractivity contribution in [3.63, 3.8) is 0 Å². The zero-order valence-corrected chi connectivity index (χ0v) is 36.9. The van der Waals surface area contributed by atoms with Crippen LogP contribution in [0, 0.1) is 39.5 Å². The van der Waals surface area contributed by atoms with E-state index in [1.54, 1.807) is 0 Å². The summed E-state index contributed by atoms with van der Waals surface area (Å²) < 4.78 is 17.8. The summed E-state index contributed by atoms with van der Waals surface area (Å²) >= 11 is 0. The molecule has 60 heavy (non-hydrogen) atoms. The molecule has 0 radical (unpaired) electrons. The van der Waals surface area contributed by atoms with Gasteiger partial charge in [-0.3, -0.25) is 18.4 Å². The second kappa shape index (κ2) is 18.0. The first-order valence-corrected chi connectivity index (χ1v) is 22.3. The molecule has 310 valence electrons. The highest BCUT2D eigenvalue weighted by atomic mass is 16.8. The van der Waals surface area contributed by atoms with E-state index in [0.717, 1.165) is 58.3 Å². The molecule has 4 nitrogen and oxygen atoms in total. The van der Waals surface area contributed by atoms with Gasteiger partial charge >= 0.3 is 0 Å². The minimum Gasteiger partial charge on any atom is -0.289 e. The Kier molecular flexibility index (Phi) is 12.6. The molecule has 6 aromatic carbocycles. The van der Waals surface area contributed by atoms with Crippen molar-refractivity contribution in [1.82, 2.24) is 0 Å². The first-order valence-electron chi connectivity index (χ1n) is 22.3. The van der Waals surface area contributed by atoms with E-state index in [9.17, 15) is 0 Å². The predicted octanol–water partition coefficient (Wildman–Crippen LogP) is 12.2. The summed E-state index contributed by atoms with van der Waals surface area (Å²) in [5, 5.41) is 0. The van der Waals surface area contributed by atoms with Crippen molar-refractivity contribution < 1.29 is 18.4 Å². The van der Waals surface area contributed by atoms with E-state index >= 15 is 0 Å². The molecule has 1 heterocycles. The van der Waals surface area contributed by atoms with Gasteiger partial charge in [-0.25, -0.2) is 0 Å². The molecular weight excluding hydrogens is 733 g/mol. The summed E-state index contributed by atoms with van der Waals surface area (Å²) in [4.78, 5) is 0. The zero-order chi connectivity index (χ0) is 41.7. The third-order valence-electron chi connectivity index (χ3n) is 13.6. The van der Waals surface area contributed by atoms with Crippen LogP contribution in [0.3, 0.4) is 0 Å². The zero-order valence-electron chi connectivity index (χ0n) is 36.9. The maximum absolute atomic E-state index is 8.22. The smallest absolute Gasteiger partial charge is 0.277 e. The number of likely N-dealkylation sites (N-methyl/N-ethyl adjacent to an activating group) is 2. The number of ether oxygens (including phenoxy) is 2. The highest BCUT2D eigenvalue weighted by Gasteiger charge is 2.67. The van der Waals surface area contributed by atoms with E-state index in [2.05, 4.69) is 200 Å². The first kappa shape index (κ1) is 41.9. The molecule has 0 unspecified atom stereocenters. The number of hydrogen-bond donors (Lipinski definition) is 0. The molecule has 1 saturated carbocycles. The van der Waals surface area contributed by atoms with E-state index < -0.39 is 5.79 Å². The van der Waals surface area contributed by atoms with Crippen LogP contribution in [-0.4, -0.2) is 41.3 Å².